The highest BCUT2D eigenvalue weighted by molar-refractivity contribution is 14.1. The standard InChI is InChI=1S/C7H6IN5O/c8-5-6(10-3-11-7(5)14)13-2-1-4(9)12-13/h1-3H,(H2,9,12)(H,10,11,14). The molecule has 7 heteroatoms. The van der Waals surface area contributed by atoms with Crippen LogP contribution < -0.4 is 11.3 Å². The molecule has 2 aromatic rings. The van der Waals surface area contributed by atoms with Gasteiger partial charge in [-0.05, 0) is 22.6 Å². The topological polar surface area (TPSA) is 89.6 Å². The van der Waals surface area contributed by atoms with Crippen LogP contribution in [0.15, 0.2) is 23.4 Å². The predicted molar refractivity (Wildman–Crippen MR) is 59.1 cm³/mol. The third-order valence-electron chi connectivity index (χ3n) is 1.60. The normalized spacial score (nSPS) is 10.4. The Hall–Kier alpha value is -1.38. The molecule has 3 N–H and O–H groups in total. The summed E-state index contributed by atoms with van der Waals surface area (Å²) in [5, 5.41) is 3.96. The van der Waals surface area contributed by atoms with Gasteiger partial charge in [-0.3, -0.25) is 4.79 Å². The van der Waals surface area contributed by atoms with Crippen molar-refractivity contribution in [1.29, 1.82) is 0 Å². The second kappa shape index (κ2) is 3.40. The third kappa shape index (κ3) is 1.50. The molecule has 0 aliphatic carbocycles. The van der Waals surface area contributed by atoms with Gasteiger partial charge in [0.05, 0.1) is 6.33 Å². The number of nitrogen functional groups attached to an aromatic ring is 1. The first-order valence-corrected chi connectivity index (χ1v) is 4.81. The minimum Gasteiger partial charge on any atom is -0.382 e. The van der Waals surface area contributed by atoms with Crippen molar-refractivity contribution in [3.8, 4) is 5.82 Å². The average molecular weight is 303 g/mol. The van der Waals surface area contributed by atoms with Crippen LogP contribution in [-0.4, -0.2) is 19.7 Å². The van der Waals surface area contributed by atoms with E-state index in [4.69, 9.17) is 5.73 Å². The molecule has 0 spiro atoms. The van der Waals surface area contributed by atoms with Crippen LogP contribution in [0.5, 0.6) is 0 Å². The van der Waals surface area contributed by atoms with E-state index in [1.54, 1.807) is 12.3 Å². The molecule has 0 aromatic carbocycles. The van der Waals surface area contributed by atoms with Crippen LogP contribution in [0.4, 0.5) is 5.82 Å². The second-order valence-electron chi connectivity index (χ2n) is 2.55. The molecule has 0 radical (unpaired) electrons. The van der Waals surface area contributed by atoms with Gasteiger partial charge in [0.15, 0.2) is 5.82 Å². The lowest BCUT2D eigenvalue weighted by Gasteiger charge is -2.00. The summed E-state index contributed by atoms with van der Waals surface area (Å²) in [4.78, 5) is 17.7. The molecule has 6 nitrogen and oxygen atoms in total. The van der Waals surface area contributed by atoms with Gasteiger partial charge in [-0.15, -0.1) is 5.10 Å². The number of aromatic amines is 1. The maximum atomic E-state index is 11.2. The SMILES string of the molecule is Nc1ccn(-c2nc[nH]c(=O)c2I)n1. The Bertz CT molecular complexity index is 517. The summed E-state index contributed by atoms with van der Waals surface area (Å²) in [5.74, 6) is 0.869. The highest BCUT2D eigenvalue weighted by atomic mass is 127. The Kier molecular flexibility index (Phi) is 2.23. The van der Waals surface area contributed by atoms with Crippen molar-refractivity contribution in [2.45, 2.75) is 0 Å². The van der Waals surface area contributed by atoms with Gasteiger partial charge in [0.2, 0.25) is 0 Å². The van der Waals surface area contributed by atoms with Crippen LogP contribution in [-0.2, 0) is 0 Å². The Balaban J connectivity index is 2.63. The average Bonchev–Trinajstić information content (AvgIpc) is 2.57. The second-order valence-corrected chi connectivity index (χ2v) is 3.63. The number of aromatic nitrogens is 4. The number of nitrogens with one attached hydrogen (secondary N) is 1. The van der Waals surface area contributed by atoms with Gasteiger partial charge >= 0.3 is 0 Å². The minimum absolute atomic E-state index is 0.190. The van der Waals surface area contributed by atoms with Gasteiger partial charge in [0.1, 0.15) is 9.39 Å². The van der Waals surface area contributed by atoms with Crippen LogP contribution in [0.1, 0.15) is 0 Å². The number of nitrogens with zero attached hydrogens (tertiary/aromatic N) is 3. The van der Waals surface area contributed by atoms with Crippen molar-refractivity contribution < 1.29 is 0 Å². The molecule has 0 bridgehead atoms. The Labute approximate surface area is 92.3 Å². The number of anilines is 1. The summed E-state index contributed by atoms with van der Waals surface area (Å²) in [6, 6.07) is 1.64. The molecule has 0 fully saturated rings. The Morgan fingerprint density at radius 1 is 1.57 bits per heavy atom. The van der Waals surface area contributed by atoms with Crippen molar-refractivity contribution in [1.82, 2.24) is 19.7 Å². The van der Waals surface area contributed by atoms with Crippen molar-refractivity contribution in [2.75, 3.05) is 5.73 Å². The van der Waals surface area contributed by atoms with Gasteiger partial charge < -0.3 is 10.7 Å². The molecule has 0 atom stereocenters. The van der Waals surface area contributed by atoms with E-state index < -0.39 is 0 Å². The van der Waals surface area contributed by atoms with E-state index in [1.807, 2.05) is 22.6 Å². The fraction of sp³-hybridized carbons (Fsp3) is 0. The molecule has 0 unspecified atom stereocenters. The number of halogens is 1. The van der Waals surface area contributed by atoms with Crippen molar-refractivity contribution in [2.24, 2.45) is 0 Å². The first-order valence-electron chi connectivity index (χ1n) is 3.73. The molecule has 2 heterocycles. The van der Waals surface area contributed by atoms with Crippen molar-refractivity contribution >= 4 is 28.4 Å². The van der Waals surface area contributed by atoms with Crippen molar-refractivity contribution in [3.05, 3.63) is 32.5 Å². The Morgan fingerprint density at radius 3 is 3.00 bits per heavy atom. The molecule has 14 heavy (non-hydrogen) atoms. The lowest BCUT2D eigenvalue weighted by molar-refractivity contribution is 0.831. The van der Waals surface area contributed by atoms with Crippen molar-refractivity contribution in [3.63, 3.8) is 0 Å². The van der Waals surface area contributed by atoms with E-state index in [9.17, 15) is 4.79 Å². The van der Waals surface area contributed by atoms with E-state index in [0.717, 1.165) is 0 Å². The molecule has 0 aliphatic rings. The molecule has 2 rings (SSSR count). The summed E-state index contributed by atoms with van der Waals surface area (Å²) in [6.07, 6.45) is 2.98. The van der Waals surface area contributed by atoms with E-state index in [2.05, 4.69) is 15.1 Å². The molecule has 0 saturated carbocycles. The molecule has 2 aromatic heterocycles. The zero-order chi connectivity index (χ0) is 10.1. The summed E-state index contributed by atoms with van der Waals surface area (Å²) in [7, 11) is 0. The molecule has 0 amide bonds. The van der Waals surface area contributed by atoms with Gasteiger partial charge in [0.25, 0.3) is 5.56 Å². The van der Waals surface area contributed by atoms with Gasteiger partial charge in [-0.25, -0.2) is 9.67 Å². The number of rotatable bonds is 1. The quantitative estimate of drug-likeness (QED) is 0.734. The van der Waals surface area contributed by atoms with Crippen LogP contribution in [0.25, 0.3) is 5.82 Å². The monoisotopic (exact) mass is 303 g/mol. The molecular formula is C7H6IN5O. The Morgan fingerprint density at radius 2 is 2.36 bits per heavy atom. The first-order chi connectivity index (χ1) is 6.68. The summed E-state index contributed by atoms with van der Waals surface area (Å²) < 4.78 is 1.94. The fourth-order valence-corrected chi connectivity index (χ4v) is 1.53. The third-order valence-corrected chi connectivity index (χ3v) is 2.58. The highest BCUT2D eigenvalue weighted by Gasteiger charge is 2.07. The maximum absolute atomic E-state index is 11.2. The molecule has 0 aliphatic heterocycles. The summed E-state index contributed by atoms with van der Waals surface area (Å²) >= 11 is 1.91. The smallest absolute Gasteiger partial charge is 0.266 e. The lowest BCUT2D eigenvalue weighted by Crippen LogP contribution is -2.15. The zero-order valence-corrected chi connectivity index (χ0v) is 9.09. The van der Waals surface area contributed by atoms with Crippen LogP contribution in [0.2, 0.25) is 0 Å². The number of hydrogen-bond acceptors (Lipinski definition) is 4. The predicted octanol–water partition coefficient (Wildman–Crippen LogP) is 0.142. The maximum Gasteiger partial charge on any atom is 0.266 e. The fourth-order valence-electron chi connectivity index (χ4n) is 0.989. The minimum atomic E-state index is -0.190. The molecule has 0 saturated heterocycles. The highest BCUT2D eigenvalue weighted by Crippen LogP contribution is 2.09. The zero-order valence-electron chi connectivity index (χ0n) is 6.94. The van der Waals surface area contributed by atoms with E-state index in [1.165, 1.54) is 11.0 Å². The van der Waals surface area contributed by atoms with Gasteiger partial charge in [-0.1, -0.05) is 0 Å². The van der Waals surface area contributed by atoms with Crippen LogP contribution in [0.3, 0.4) is 0 Å². The number of nitrogens with two attached hydrogens (primary N) is 1. The van der Waals surface area contributed by atoms with E-state index in [-0.39, 0.29) is 5.56 Å². The van der Waals surface area contributed by atoms with Crippen LogP contribution in [0, 0.1) is 3.57 Å². The lowest BCUT2D eigenvalue weighted by atomic mass is 10.6. The number of H-pyrrole nitrogens is 1. The van der Waals surface area contributed by atoms with Gasteiger partial charge in [-0.2, -0.15) is 0 Å². The van der Waals surface area contributed by atoms with E-state index >= 15 is 0 Å². The molecular weight excluding hydrogens is 297 g/mol. The van der Waals surface area contributed by atoms with Crippen LogP contribution >= 0.6 is 22.6 Å². The van der Waals surface area contributed by atoms with Gasteiger partial charge in [0, 0.05) is 12.3 Å². The van der Waals surface area contributed by atoms with E-state index in [0.29, 0.717) is 15.2 Å². The summed E-state index contributed by atoms with van der Waals surface area (Å²) in [5.41, 5.74) is 5.27. The summed E-state index contributed by atoms with van der Waals surface area (Å²) in [6.45, 7) is 0. The largest absolute Gasteiger partial charge is 0.382 e. The number of hydrogen-bond donors (Lipinski definition) is 2. The molecule has 72 valence electrons. The first kappa shape index (κ1) is 9.19.